The third-order valence-electron chi connectivity index (χ3n) is 6.52. The number of aliphatic hydroxyl groups is 1. The maximum atomic E-state index is 14.1. The molecule has 3 aromatic rings. The minimum atomic E-state index is -0.957. The highest BCUT2D eigenvalue weighted by Gasteiger charge is 2.20. The van der Waals surface area contributed by atoms with E-state index in [0.29, 0.717) is 31.6 Å². The number of rotatable bonds is 13. The van der Waals surface area contributed by atoms with Crippen LogP contribution >= 0.6 is 0 Å². The van der Waals surface area contributed by atoms with Crippen LogP contribution in [-0.2, 0) is 24.1 Å². The van der Waals surface area contributed by atoms with E-state index in [0.717, 1.165) is 27.8 Å². The Labute approximate surface area is 218 Å². The molecule has 3 rings (SSSR count). The van der Waals surface area contributed by atoms with Crippen LogP contribution in [0.3, 0.4) is 0 Å². The molecule has 0 amide bonds. The molecule has 37 heavy (non-hydrogen) atoms. The van der Waals surface area contributed by atoms with E-state index in [-0.39, 0.29) is 30.1 Å². The van der Waals surface area contributed by atoms with Gasteiger partial charge in [-0.05, 0) is 73.6 Å². The molecule has 1 atom stereocenters. The maximum Gasteiger partial charge on any atom is 0.335 e. The molecule has 198 valence electrons. The van der Waals surface area contributed by atoms with E-state index in [1.54, 1.807) is 12.1 Å². The predicted molar refractivity (Wildman–Crippen MR) is 144 cm³/mol. The first-order valence-corrected chi connectivity index (χ1v) is 12.5. The Hall–Kier alpha value is -3.10. The van der Waals surface area contributed by atoms with Gasteiger partial charge in [0.25, 0.3) is 0 Å². The van der Waals surface area contributed by atoms with Gasteiger partial charge in [0.2, 0.25) is 0 Å². The summed E-state index contributed by atoms with van der Waals surface area (Å²) >= 11 is 0. The van der Waals surface area contributed by atoms with Gasteiger partial charge < -0.3 is 26.0 Å². The van der Waals surface area contributed by atoms with Crippen molar-refractivity contribution < 1.29 is 24.1 Å². The highest BCUT2D eigenvalue weighted by Crippen LogP contribution is 2.29. The van der Waals surface area contributed by atoms with Gasteiger partial charge in [0.05, 0.1) is 24.9 Å². The molecular weight excluding hydrogens is 471 g/mol. The summed E-state index contributed by atoms with van der Waals surface area (Å²) < 4.78 is 19.8. The number of hydrogen-bond acceptors (Lipinski definition) is 5. The number of aromatic carboxylic acids is 1. The van der Waals surface area contributed by atoms with Gasteiger partial charge in [0.15, 0.2) is 0 Å². The quantitative estimate of drug-likeness (QED) is 0.254. The van der Waals surface area contributed by atoms with Crippen LogP contribution in [0.1, 0.15) is 46.5 Å². The van der Waals surface area contributed by atoms with Gasteiger partial charge in [-0.25, -0.2) is 9.18 Å². The molecule has 0 aromatic heterocycles. The van der Waals surface area contributed by atoms with E-state index in [4.69, 9.17) is 10.5 Å². The van der Waals surface area contributed by atoms with Crippen molar-refractivity contribution in [3.63, 3.8) is 0 Å². The van der Waals surface area contributed by atoms with E-state index < -0.39 is 12.1 Å². The number of hydrogen-bond donors (Lipinski definition) is 4. The third-order valence-corrected chi connectivity index (χ3v) is 6.52. The fraction of sp³-hybridized carbons (Fsp3) is 0.367. The Bertz CT molecular complexity index is 1200. The smallest absolute Gasteiger partial charge is 0.335 e. The zero-order chi connectivity index (χ0) is 27.0. The lowest BCUT2D eigenvalue weighted by molar-refractivity contribution is 0.0348. The largest absolute Gasteiger partial charge is 0.478 e. The number of carboxylic acid groups (broad SMARTS) is 1. The highest BCUT2D eigenvalue weighted by atomic mass is 19.1. The van der Waals surface area contributed by atoms with Crippen molar-refractivity contribution in [2.45, 2.75) is 51.8 Å². The predicted octanol–water partition coefficient (Wildman–Crippen LogP) is 4.49. The summed E-state index contributed by atoms with van der Waals surface area (Å²) in [5, 5.41) is 23.3. The van der Waals surface area contributed by atoms with Crippen LogP contribution in [0.2, 0.25) is 0 Å². The highest BCUT2D eigenvalue weighted by molar-refractivity contribution is 5.91. The molecule has 0 aliphatic heterocycles. The first kappa shape index (κ1) is 28.5. The van der Waals surface area contributed by atoms with Gasteiger partial charge in [0.1, 0.15) is 5.82 Å². The minimum absolute atomic E-state index is 0.140. The SMILES string of the molecule is Cc1c(C(=O)O)ccc(-c2ccccc2)c1CCOC[C@H](O)CNC(C)(C)Cc1ccc(CN)c(F)c1. The van der Waals surface area contributed by atoms with Crippen LogP contribution < -0.4 is 11.1 Å². The van der Waals surface area contributed by atoms with E-state index in [1.807, 2.05) is 63.2 Å². The Morgan fingerprint density at radius 3 is 2.51 bits per heavy atom. The summed E-state index contributed by atoms with van der Waals surface area (Å²) in [6.45, 7) is 6.79. The Morgan fingerprint density at radius 1 is 1.14 bits per heavy atom. The normalized spacial score (nSPS) is 12.5. The molecule has 3 aromatic carbocycles. The number of ether oxygens (including phenoxy) is 1. The lowest BCUT2D eigenvalue weighted by Crippen LogP contribution is -2.46. The van der Waals surface area contributed by atoms with Crippen molar-refractivity contribution in [1.82, 2.24) is 5.32 Å². The molecule has 0 saturated heterocycles. The third kappa shape index (κ3) is 7.94. The number of carboxylic acids is 1. The van der Waals surface area contributed by atoms with Crippen LogP contribution in [0, 0.1) is 12.7 Å². The summed E-state index contributed by atoms with van der Waals surface area (Å²) in [5.41, 5.74) is 10.4. The molecule has 0 aliphatic carbocycles. The van der Waals surface area contributed by atoms with Crippen molar-refractivity contribution in [2.24, 2.45) is 5.73 Å². The molecule has 0 unspecified atom stereocenters. The maximum absolute atomic E-state index is 14.1. The summed E-state index contributed by atoms with van der Waals surface area (Å²) in [4.78, 5) is 11.7. The number of β-amino-alcohol motifs (C(OH)–C–C–N with tert-alkyl or cyclic N) is 1. The second kappa shape index (κ2) is 12.9. The molecule has 0 radical (unpaired) electrons. The number of aliphatic hydroxyl groups excluding tert-OH is 1. The van der Waals surface area contributed by atoms with Gasteiger partial charge in [-0.1, -0.05) is 48.5 Å². The van der Waals surface area contributed by atoms with E-state index >= 15 is 0 Å². The number of benzene rings is 3. The fourth-order valence-corrected chi connectivity index (χ4v) is 4.48. The van der Waals surface area contributed by atoms with Crippen LogP contribution in [0.4, 0.5) is 4.39 Å². The molecule has 7 heteroatoms. The van der Waals surface area contributed by atoms with Crippen LogP contribution in [0.5, 0.6) is 0 Å². The average Bonchev–Trinajstić information content (AvgIpc) is 2.86. The minimum Gasteiger partial charge on any atom is -0.478 e. The summed E-state index contributed by atoms with van der Waals surface area (Å²) in [5.74, 6) is -1.26. The molecule has 0 aliphatic rings. The van der Waals surface area contributed by atoms with Gasteiger partial charge in [0, 0.05) is 24.2 Å². The number of nitrogens with two attached hydrogens (primary N) is 1. The molecule has 0 heterocycles. The van der Waals surface area contributed by atoms with Gasteiger partial charge in [-0.15, -0.1) is 0 Å². The topological polar surface area (TPSA) is 105 Å². The molecule has 0 fully saturated rings. The van der Waals surface area contributed by atoms with Gasteiger partial charge in [-0.3, -0.25) is 0 Å². The van der Waals surface area contributed by atoms with E-state index in [1.165, 1.54) is 6.07 Å². The van der Waals surface area contributed by atoms with Crippen molar-refractivity contribution in [1.29, 1.82) is 0 Å². The van der Waals surface area contributed by atoms with E-state index in [9.17, 15) is 19.4 Å². The summed E-state index contributed by atoms with van der Waals surface area (Å²) in [7, 11) is 0. The van der Waals surface area contributed by atoms with E-state index in [2.05, 4.69) is 5.32 Å². The fourth-order valence-electron chi connectivity index (χ4n) is 4.48. The number of nitrogens with one attached hydrogen (secondary N) is 1. The van der Waals surface area contributed by atoms with Crippen LogP contribution in [-0.4, -0.2) is 47.6 Å². The molecule has 5 N–H and O–H groups in total. The first-order chi connectivity index (χ1) is 17.6. The lowest BCUT2D eigenvalue weighted by atomic mass is 9.91. The molecule has 0 bridgehead atoms. The number of halogens is 1. The zero-order valence-electron chi connectivity index (χ0n) is 21.8. The zero-order valence-corrected chi connectivity index (χ0v) is 21.8. The molecular formula is C30H37FN2O4. The first-order valence-electron chi connectivity index (χ1n) is 12.5. The standard InChI is InChI=1S/C30H37FN2O4/c1-20-25(27(12-11-26(20)29(35)36)22-7-5-4-6-8-22)13-14-37-19-24(34)18-33-30(2,3)16-21-9-10-23(17-32)28(31)15-21/h4-12,15,24,33-34H,13-14,16-19,32H2,1-3H3,(H,35,36)/t24-/m1/s1. The Morgan fingerprint density at radius 2 is 1.86 bits per heavy atom. The Balaban J connectivity index is 1.53. The van der Waals surface area contributed by atoms with Crippen LogP contribution in [0.25, 0.3) is 11.1 Å². The summed E-state index contributed by atoms with van der Waals surface area (Å²) in [6, 6.07) is 18.4. The molecule has 0 saturated carbocycles. The number of carbonyl (C=O) groups is 1. The average molecular weight is 509 g/mol. The van der Waals surface area contributed by atoms with Gasteiger partial charge >= 0.3 is 5.97 Å². The second-order valence-corrected chi connectivity index (χ2v) is 9.99. The lowest BCUT2D eigenvalue weighted by Gasteiger charge is -2.28. The van der Waals surface area contributed by atoms with Crippen molar-refractivity contribution in [3.05, 3.63) is 94.3 Å². The molecule has 6 nitrogen and oxygen atoms in total. The summed E-state index contributed by atoms with van der Waals surface area (Å²) in [6.07, 6.45) is 0.382. The monoisotopic (exact) mass is 508 g/mol. The second-order valence-electron chi connectivity index (χ2n) is 9.99. The van der Waals surface area contributed by atoms with Crippen molar-refractivity contribution in [3.8, 4) is 11.1 Å². The Kier molecular flexibility index (Phi) is 9.94. The van der Waals surface area contributed by atoms with Crippen molar-refractivity contribution in [2.75, 3.05) is 19.8 Å². The van der Waals surface area contributed by atoms with Crippen LogP contribution in [0.15, 0.2) is 60.7 Å². The molecule has 0 spiro atoms. The van der Waals surface area contributed by atoms with Crippen molar-refractivity contribution >= 4 is 5.97 Å². The van der Waals surface area contributed by atoms with Gasteiger partial charge in [-0.2, -0.15) is 0 Å².